The molecule has 96 valence electrons. The molecule has 18 heavy (non-hydrogen) atoms. The zero-order chi connectivity index (χ0) is 13.1. The Morgan fingerprint density at radius 3 is 2.61 bits per heavy atom. The lowest BCUT2D eigenvalue weighted by Crippen LogP contribution is -2.19. The second kappa shape index (κ2) is 5.48. The number of anilines is 1. The number of pyridine rings is 1. The predicted octanol–water partition coefficient (Wildman–Crippen LogP) is 3.08. The highest BCUT2D eigenvalue weighted by molar-refractivity contribution is 9.10. The van der Waals surface area contributed by atoms with Crippen molar-refractivity contribution >= 4 is 21.7 Å². The van der Waals surface area contributed by atoms with Crippen molar-refractivity contribution in [2.75, 3.05) is 5.32 Å². The summed E-state index contributed by atoms with van der Waals surface area (Å²) in [6.07, 6.45) is 1.77. The number of aryl methyl sites for hydroxylation is 1. The van der Waals surface area contributed by atoms with Gasteiger partial charge in [-0.3, -0.25) is 5.10 Å². The molecule has 0 unspecified atom stereocenters. The van der Waals surface area contributed by atoms with E-state index in [4.69, 9.17) is 0 Å². The van der Waals surface area contributed by atoms with E-state index in [0.717, 1.165) is 21.9 Å². The summed E-state index contributed by atoms with van der Waals surface area (Å²) >= 11 is 3.37. The number of nitrogens with one attached hydrogen (secondary N) is 2. The molecule has 2 rings (SSSR count). The smallest absolute Gasteiger partial charge is 0.173 e. The fourth-order valence-corrected chi connectivity index (χ4v) is 1.88. The van der Waals surface area contributed by atoms with Gasteiger partial charge in [0.15, 0.2) is 5.82 Å². The number of hydrogen-bond acceptors (Lipinski definition) is 4. The Balaban J connectivity index is 2.19. The van der Waals surface area contributed by atoms with Crippen molar-refractivity contribution < 1.29 is 0 Å². The molecular weight excluding hydrogens is 294 g/mol. The van der Waals surface area contributed by atoms with Gasteiger partial charge in [0.05, 0.1) is 6.04 Å². The Morgan fingerprint density at radius 2 is 2.11 bits per heavy atom. The number of H-pyrrole nitrogens is 1. The van der Waals surface area contributed by atoms with Crippen LogP contribution in [0.25, 0.3) is 0 Å². The molecule has 0 saturated carbocycles. The molecule has 0 aliphatic rings. The monoisotopic (exact) mass is 309 g/mol. The minimum atomic E-state index is 0.0450. The van der Waals surface area contributed by atoms with E-state index in [-0.39, 0.29) is 6.04 Å². The zero-order valence-corrected chi connectivity index (χ0v) is 12.2. The maximum absolute atomic E-state index is 4.38. The molecular formula is C12H16BrN5. The Bertz CT molecular complexity index is 505. The molecule has 5 nitrogen and oxygen atoms in total. The van der Waals surface area contributed by atoms with E-state index in [2.05, 4.69) is 55.3 Å². The van der Waals surface area contributed by atoms with Crippen LogP contribution in [0.2, 0.25) is 0 Å². The third-order valence-corrected chi connectivity index (χ3v) is 3.06. The van der Waals surface area contributed by atoms with Gasteiger partial charge in [-0.15, -0.1) is 0 Å². The molecule has 0 amide bonds. The summed E-state index contributed by atoms with van der Waals surface area (Å²) < 4.78 is 0.961. The van der Waals surface area contributed by atoms with Gasteiger partial charge in [-0.25, -0.2) is 9.97 Å². The number of aromatic nitrogens is 4. The van der Waals surface area contributed by atoms with Crippen LogP contribution in [0.1, 0.15) is 31.5 Å². The van der Waals surface area contributed by atoms with Crippen LogP contribution in [-0.2, 0) is 0 Å². The summed E-state index contributed by atoms with van der Waals surface area (Å²) in [7, 11) is 0. The first-order valence-corrected chi connectivity index (χ1v) is 6.62. The van der Waals surface area contributed by atoms with Crippen molar-refractivity contribution in [2.45, 2.75) is 26.8 Å². The summed E-state index contributed by atoms with van der Waals surface area (Å²) in [4.78, 5) is 8.69. The van der Waals surface area contributed by atoms with Crippen molar-refractivity contribution in [3.8, 4) is 0 Å². The highest BCUT2D eigenvalue weighted by atomic mass is 79.9. The Hall–Kier alpha value is -1.43. The lowest BCUT2D eigenvalue weighted by Gasteiger charge is -2.19. The standard InChI is InChI=1S/C12H16BrN5/c1-7(2)11(12-15-8(3)17-18-12)16-10-5-4-9(13)6-14-10/h4-7,11H,1-3H3,(H,14,16)(H,15,17,18)/t11-/m1/s1. The Morgan fingerprint density at radius 1 is 1.33 bits per heavy atom. The van der Waals surface area contributed by atoms with Crippen molar-refractivity contribution in [1.29, 1.82) is 0 Å². The van der Waals surface area contributed by atoms with Crippen molar-refractivity contribution in [2.24, 2.45) is 5.92 Å². The summed E-state index contributed by atoms with van der Waals surface area (Å²) in [5.74, 6) is 2.78. The van der Waals surface area contributed by atoms with E-state index in [1.807, 2.05) is 19.1 Å². The third-order valence-electron chi connectivity index (χ3n) is 2.59. The van der Waals surface area contributed by atoms with Crippen LogP contribution in [0.5, 0.6) is 0 Å². The van der Waals surface area contributed by atoms with Crippen LogP contribution in [0.4, 0.5) is 5.82 Å². The van der Waals surface area contributed by atoms with Crippen LogP contribution >= 0.6 is 15.9 Å². The molecule has 6 heteroatoms. The highest BCUT2D eigenvalue weighted by Crippen LogP contribution is 2.23. The summed E-state index contributed by atoms with van der Waals surface area (Å²) in [6, 6.07) is 3.93. The molecule has 1 atom stereocenters. The maximum atomic E-state index is 4.38. The fraction of sp³-hybridized carbons (Fsp3) is 0.417. The quantitative estimate of drug-likeness (QED) is 0.911. The second-order valence-electron chi connectivity index (χ2n) is 4.51. The first-order chi connectivity index (χ1) is 8.56. The zero-order valence-electron chi connectivity index (χ0n) is 10.6. The summed E-state index contributed by atoms with van der Waals surface area (Å²) in [5.41, 5.74) is 0. The molecule has 2 heterocycles. The summed E-state index contributed by atoms with van der Waals surface area (Å²) in [6.45, 7) is 6.15. The molecule has 0 radical (unpaired) electrons. The van der Waals surface area contributed by atoms with E-state index in [9.17, 15) is 0 Å². The van der Waals surface area contributed by atoms with E-state index >= 15 is 0 Å². The van der Waals surface area contributed by atoms with Gasteiger partial charge in [-0.2, -0.15) is 5.10 Å². The maximum Gasteiger partial charge on any atom is 0.173 e. The lowest BCUT2D eigenvalue weighted by atomic mass is 10.0. The molecule has 0 aliphatic carbocycles. The highest BCUT2D eigenvalue weighted by Gasteiger charge is 2.20. The van der Waals surface area contributed by atoms with Gasteiger partial charge in [0, 0.05) is 10.7 Å². The van der Waals surface area contributed by atoms with Crippen LogP contribution in [-0.4, -0.2) is 20.2 Å². The number of nitrogens with zero attached hydrogens (tertiary/aromatic N) is 3. The molecule has 2 aromatic heterocycles. The van der Waals surface area contributed by atoms with Crippen LogP contribution in [0, 0.1) is 12.8 Å². The van der Waals surface area contributed by atoms with Crippen LogP contribution in [0.3, 0.4) is 0 Å². The Kier molecular flexibility index (Phi) is 3.96. The predicted molar refractivity (Wildman–Crippen MR) is 74.3 cm³/mol. The number of aromatic amines is 1. The first-order valence-electron chi connectivity index (χ1n) is 5.83. The van der Waals surface area contributed by atoms with Gasteiger partial charge in [0.1, 0.15) is 11.6 Å². The average Bonchev–Trinajstić information content (AvgIpc) is 2.74. The number of hydrogen-bond donors (Lipinski definition) is 2. The Labute approximate surface area is 115 Å². The molecule has 0 spiro atoms. The molecule has 0 fully saturated rings. The first kappa shape index (κ1) is 13.0. The molecule has 2 aromatic rings. The molecule has 0 saturated heterocycles. The van der Waals surface area contributed by atoms with Crippen LogP contribution in [0.15, 0.2) is 22.8 Å². The van der Waals surface area contributed by atoms with E-state index < -0.39 is 0 Å². The molecule has 2 N–H and O–H groups in total. The number of rotatable bonds is 4. The van der Waals surface area contributed by atoms with Gasteiger partial charge in [-0.05, 0) is 40.9 Å². The lowest BCUT2D eigenvalue weighted by molar-refractivity contribution is 0.521. The third kappa shape index (κ3) is 3.07. The van der Waals surface area contributed by atoms with E-state index in [0.29, 0.717) is 5.92 Å². The van der Waals surface area contributed by atoms with Crippen molar-refractivity contribution in [1.82, 2.24) is 20.2 Å². The van der Waals surface area contributed by atoms with E-state index in [1.54, 1.807) is 6.20 Å². The fourth-order valence-electron chi connectivity index (χ4n) is 1.65. The van der Waals surface area contributed by atoms with Crippen LogP contribution < -0.4 is 5.32 Å². The molecule has 0 aromatic carbocycles. The van der Waals surface area contributed by atoms with Crippen molar-refractivity contribution in [3.63, 3.8) is 0 Å². The summed E-state index contributed by atoms with van der Waals surface area (Å²) in [5, 5.41) is 10.4. The average molecular weight is 310 g/mol. The second-order valence-corrected chi connectivity index (χ2v) is 5.42. The topological polar surface area (TPSA) is 66.5 Å². The van der Waals surface area contributed by atoms with E-state index in [1.165, 1.54) is 0 Å². The normalized spacial score (nSPS) is 12.7. The minimum Gasteiger partial charge on any atom is -0.360 e. The van der Waals surface area contributed by atoms with Gasteiger partial charge >= 0.3 is 0 Å². The number of halogens is 1. The largest absolute Gasteiger partial charge is 0.360 e. The minimum absolute atomic E-state index is 0.0450. The molecule has 0 bridgehead atoms. The van der Waals surface area contributed by atoms with Gasteiger partial charge in [0.2, 0.25) is 0 Å². The molecule has 0 aliphatic heterocycles. The SMILES string of the molecule is Cc1nc([C@H](Nc2ccc(Br)cn2)C(C)C)n[nH]1. The van der Waals surface area contributed by atoms with Gasteiger partial charge in [-0.1, -0.05) is 13.8 Å². The van der Waals surface area contributed by atoms with Crippen molar-refractivity contribution in [3.05, 3.63) is 34.5 Å². The van der Waals surface area contributed by atoms with Gasteiger partial charge < -0.3 is 5.32 Å². The van der Waals surface area contributed by atoms with Gasteiger partial charge in [0.25, 0.3) is 0 Å².